The molecule has 5 heteroatoms. The van der Waals surface area contributed by atoms with E-state index in [2.05, 4.69) is 97.4 Å². The minimum Gasteiger partial charge on any atom is -0.350 e. The second kappa shape index (κ2) is 8.32. The summed E-state index contributed by atoms with van der Waals surface area (Å²) in [6.45, 7) is 7.00. The van der Waals surface area contributed by atoms with Crippen LogP contribution in [0.3, 0.4) is 0 Å². The molecule has 2 aliphatic rings. The molecule has 1 amide bonds. The Kier molecular flexibility index (Phi) is 4.99. The Morgan fingerprint density at radius 1 is 0.868 bits per heavy atom. The number of benzene rings is 4. The number of anilines is 2. The van der Waals surface area contributed by atoms with Gasteiger partial charge < -0.3 is 10.2 Å². The molecule has 0 aliphatic carbocycles. The molecule has 5 nitrogen and oxygen atoms in total. The number of aryl methyl sites for hydroxylation is 3. The Bertz CT molecular complexity index is 1740. The first-order valence-electron chi connectivity index (χ1n) is 13.4. The Morgan fingerprint density at radius 3 is 2.45 bits per heavy atom. The van der Waals surface area contributed by atoms with Gasteiger partial charge in [0, 0.05) is 23.4 Å². The third-order valence-electron chi connectivity index (χ3n) is 8.26. The lowest BCUT2D eigenvalue weighted by atomic mass is 9.93. The Hall–Kier alpha value is -4.38. The molecule has 0 radical (unpaired) electrons. The van der Waals surface area contributed by atoms with Crippen LogP contribution in [0.1, 0.15) is 34.7 Å². The molecule has 38 heavy (non-hydrogen) atoms. The van der Waals surface area contributed by atoms with Crippen molar-refractivity contribution in [3.05, 3.63) is 113 Å². The first kappa shape index (κ1) is 22.8. The predicted molar refractivity (Wildman–Crippen MR) is 154 cm³/mol. The van der Waals surface area contributed by atoms with Crippen molar-refractivity contribution in [3.63, 3.8) is 0 Å². The highest BCUT2D eigenvalue weighted by molar-refractivity contribution is 6.12. The van der Waals surface area contributed by atoms with E-state index in [4.69, 9.17) is 4.98 Å². The average molecular weight is 499 g/mol. The number of rotatable bonds is 4. The van der Waals surface area contributed by atoms with Gasteiger partial charge in [0.15, 0.2) is 0 Å². The smallest absolute Gasteiger partial charge is 0.279 e. The summed E-state index contributed by atoms with van der Waals surface area (Å²) < 4.78 is 2.17. The molecule has 0 bridgehead atoms. The van der Waals surface area contributed by atoms with E-state index in [-0.39, 0.29) is 5.91 Å². The van der Waals surface area contributed by atoms with Crippen molar-refractivity contribution in [1.29, 1.82) is 0 Å². The molecule has 5 aromatic rings. The summed E-state index contributed by atoms with van der Waals surface area (Å²) in [5.74, 6) is 0.857. The van der Waals surface area contributed by atoms with Gasteiger partial charge in [-0.2, -0.15) is 0 Å². The molecular weight excluding hydrogens is 468 g/mol. The number of para-hydroxylation sites is 1. The van der Waals surface area contributed by atoms with E-state index in [0.29, 0.717) is 6.54 Å². The van der Waals surface area contributed by atoms with Crippen LogP contribution in [0.25, 0.3) is 22.4 Å². The number of nitrogens with one attached hydrogen (secondary N) is 1. The molecule has 4 aromatic carbocycles. The first-order chi connectivity index (χ1) is 18.5. The molecule has 1 aromatic heterocycles. The molecule has 7 rings (SSSR count). The molecular formula is C33H30N4O. The Labute approximate surface area is 222 Å². The third-order valence-corrected chi connectivity index (χ3v) is 8.26. The number of hydrogen-bond acceptors (Lipinski definition) is 3. The summed E-state index contributed by atoms with van der Waals surface area (Å²) in [6, 6.07) is 29.4. The summed E-state index contributed by atoms with van der Waals surface area (Å²) in [5, 5.41) is 3.76. The van der Waals surface area contributed by atoms with Gasteiger partial charge in [0.1, 0.15) is 5.82 Å². The van der Waals surface area contributed by atoms with E-state index < -0.39 is 5.66 Å². The van der Waals surface area contributed by atoms with E-state index in [1.807, 2.05) is 23.1 Å². The lowest BCUT2D eigenvalue weighted by Crippen LogP contribution is -2.53. The number of carbonyl (C=O) groups excluding carboxylic acids is 1. The number of aromatic nitrogens is 2. The minimum atomic E-state index is -1.11. The van der Waals surface area contributed by atoms with Crippen LogP contribution in [-0.2, 0) is 23.3 Å². The highest BCUT2D eigenvalue weighted by Crippen LogP contribution is 2.51. The van der Waals surface area contributed by atoms with E-state index >= 15 is 0 Å². The molecule has 3 heterocycles. The fraction of sp³-hybridized carbons (Fsp3) is 0.212. The van der Waals surface area contributed by atoms with Crippen LogP contribution in [0.15, 0.2) is 84.9 Å². The maximum atomic E-state index is 14.8. The van der Waals surface area contributed by atoms with Gasteiger partial charge in [-0.15, -0.1) is 0 Å². The summed E-state index contributed by atoms with van der Waals surface area (Å²) in [4.78, 5) is 21.9. The molecule has 2 aliphatic heterocycles. The topological polar surface area (TPSA) is 50.2 Å². The fourth-order valence-corrected chi connectivity index (χ4v) is 6.08. The standard InChI is InChI=1S/C33H30N4O/c1-4-23-14-15-29-26(20-23)33(32(38)36(29)17-16-24-10-6-5-7-11-24)35-27-13-9-8-12-25(27)31-34-28-18-21(2)22(3)19-30(28)37(31)33/h5-15,18-20,35H,4,16-17H2,1-3H3. The van der Waals surface area contributed by atoms with Crippen molar-refractivity contribution in [1.82, 2.24) is 9.55 Å². The summed E-state index contributed by atoms with van der Waals surface area (Å²) in [5.41, 5.74) is 9.45. The quantitative estimate of drug-likeness (QED) is 0.304. The van der Waals surface area contributed by atoms with Crippen LogP contribution >= 0.6 is 0 Å². The molecule has 0 saturated carbocycles. The van der Waals surface area contributed by atoms with Gasteiger partial charge in [-0.05, 0) is 85.3 Å². The van der Waals surface area contributed by atoms with Gasteiger partial charge in [-0.1, -0.05) is 55.5 Å². The van der Waals surface area contributed by atoms with Gasteiger partial charge in [0.2, 0.25) is 5.66 Å². The van der Waals surface area contributed by atoms with E-state index in [0.717, 1.165) is 52.2 Å². The van der Waals surface area contributed by atoms with Gasteiger partial charge in [-0.25, -0.2) is 4.98 Å². The van der Waals surface area contributed by atoms with Gasteiger partial charge in [0.05, 0.1) is 16.7 Å². The second-order valence-corrected chi connectivity index (χ2v) is 10.5. The predicted octanol–water partition coefficient (Wildman–Crippen LogP) is 6.60. The zero-order chi connectivity index (χ0) is 26.0. The van der Waals surface area contributed by atoms with Crippen LogP contribution in [0.5, 0.6) is 0 Å². The first-order valence-corrected chi connectivity index (χ1v) is 13.4. The molecule has 0 fully saturated rings. The Morgan fingerprint density at radius 2 is 1.63 bits per heavy atom. The second-order valence-electron chi connectivity index (χ2n) is 10.5. The average Bonchev–Trinajstić information content (AvgIpc) is 3.41. The highest BCUT2D eigenvalue weighted by Gasteiger charge is 2.56. The van der Waals surface area contributed by atoms with Crippen LogP contribution in [-0.4, -0.2) is 22.0 Å². The normalized spacial score (nSPS) is 17.4. The SMILES string of the molecule is CCc1ccc2c(c1)C1(Nc3ccccc3-c3nc4cc(C)c(C)cc4n31)C(=O)N2CCc1ccccc1. The lowest BCUT2D eigenvalue weighted by molar-refractivity contribution is -0.123. The molecule has 1 atom stereocenters. The van der Waals surface area contributed by atoms with Crippen molar-refractivity contribution in [2.45, 2.75) is 39.3 Å². The van der Waals surface area contributed by atoms with Crippen molar-refractivity contribution in [2.75, 3.05) is 16.8 Å². The van der Waals surface area contributed by atoms with Crippen LogP contribution in [0, 0.1) is 13.8 Å². The van der Waals surface area contributed by atoms with Crippen LogP contribution in [0.4, 0.5) is 11.4 Å². The van der Waals surface area contributed by atoms with E-state index in [1.54, 1.807) is 0 Å². The molecule has 1 unspecified atom stereocenters. The minimum absolute atomic E-state index is 0.0324. The van der Waals surface area contributed by atoms with Crippen LogP contribution in [0.2, 0.25) is 0 Å². The molecule has 188 valence electrons. The summed E-state index contributed by atoms with van der Waals surface area (Å²) >= 11 is 0. The molecule has 1 spiro atoms. The third kappa shape index (κ3) is 3.11. The maximum Gasteiger partial charge on any atom is 0.279 e. The van der Waals surface area contributed by atoms with E-state index in [9.17, 15) is 4.79 Å². The molecule has 1 N–H and O–H groups in total. The summed E-state index contributed by atoms with van der Waals surface area (Å²) in [6.07, 6.45) is 1.68. The lowest BCUT2D eigenvalue weighted by Gasteiger charge is -2.38. The maximum absolute atomic E-state index is 14.8. The van der Waals surface area contributed by atoms with Gasteiger partial charge in [-0.3, -0.25) is 9.36 Å². The monoisotopic (exact) mass is 498 g/mol. The largest absolute Gasteiger partial charge is 0.350 e. The van der Waals surface area contributed by atoms with Crippen molar-refractivity contribution >= 4 is 28.3 Å². The van der Waals surface area contributed by atoms with Crippen molar-refractivity contribution in [3.8, 4) is 11.4 Å². The zero-order valence-corrected chi connectivity index (χ0v) is 22.0. The number of nitrogens with zero attached hydrogens (tertiary/aromatic N) is 3. The van der Waals surface area contributed by atoms with Gasteiger partial charge in [0.25, 0.3) is 5.91 Å². The number of hydrogen-bond donors (Lipinski definition) is 1. The number of carbonyl (C=O) groups is 1. The summed E-state index contributed by atoms with van der Waals surface area (Å²) in [7, 11) is 0. The van der Waals surface area contributed by atoms with Crippen LogP contribution < -0.4 is 10.2 Å². The van der Waals surface area contributed by atoms with E-state index in [1.165, 1.54) is 22.3 Å². The van der Waals surface area contributed by atoms with Crippen molar-refractivity contribution in [2.24, 2.45) is 0 Å². The fourth-order valence-electron chi connectivity index (χ4n) is 6.08. The number of amides is 1. The molecule has 0 saturated heterocycles. The Balaban J connectivity index is 1.50. The zero-order valence-electron chi connectivity index (χ0n) is 22.0. The number of fused-ring (bicyclic) bond motifs is 8. The number of imidazole rings is 1. The van der Waals surface area contributed by atoms with Gasteiger partial charge >= 0.3 is 0 Å². The van der Waals surface area contributed by atoms with Crippen molar-refractivity contribution < 1.29 is 4.79 Å². The highest BCUT2D eigenvalue weighted by atomic mass is 16.2.